The van der Waals surface area contributed by atoms with E-state index in [4.69, 9.17) is 5.73 Å². The van der Waals surface area contributed by atoms with Gasteiger partial charge in [-0.15, -0.1) is 0 Å². The van der Waals surface area contributed by atoms with E-state index >= 15 is 0 Å². The lowest BCUT2D eigenvalue weighted by molar-refractivity contribution is -0.120. The van der Waals surface area contributed by atoms with Crippen molar-refractivity contribution in [3.8, 4) is 0 Å². The van der Waals surface area contributed by atoms with Gasteiger partial charge in [-0.3, -0.25) is 9.59 Å². The maximum atomic E-state index is 13.1. The maximum Gasteiger partial charge on any atom is 0.248 e. The molecule has 4 rings (SSSR count). The van der Waals surface area contributed by atoms with E-state index in [1.807, 2.05) is 31.3 Å². The van der Waals surface area contributed by atoms with Crippen molar-refractivity contribution in [2.75, 3.05) is 36.5 Å². The number of likely N-dealkylation sites (N-methyl/N-ethyl adjacent to an activating group) is 1. The second-order valence-electron chi connectivity index (χ2n) is 8.36. The molecule has 1 aliphatic heterocycles. The van der Waals surface area contributed by atoms with Gasteiger partial charge in [-0.25, -0.2) is 9.37 Å². The van der Waals surface area contributed by atoms with Crippen LogP contribution in [0.3, 0.4) is 0 Å². The van der Waals surface area contributed by atoms with Gasteiger partial charge in [0.05, 0.1) is 23.5 Å². The molecule has 2 unspecified atom stereocenters. The van der Waals surface area contributed by atoms with Crippen molar-refractivity contribution in [3.05, 3.63) is 89.9 Å². The van der Waals surface area contributed by atoms with Crippen LogP contribution in [0.4, 0.5) is 21.6 Å². The molecule has 3 aromatic rings. The number of anilines is 3. The van der Waals surface area contributed by atoms with Crippen molar-refractivity contribution >= 4 is 35.1 Å². The van der Waals surface area contributed by atoms with Gasteiger partial charge in [0, 0.05) is 25.1 Å². The van der Waals surface area contributed by atoms with Crippen LogP contribution >= 0.6 is 0 Å². The summed E-state index contributed by atoms with van der Waals surface area (Å²) in [6.45, 7) is 1.35. The minimum atomic E-state index is -0.452. The third-order valence-electron chi connectivity index (χ3n) is 5.83. The Kier molecular flexibility index (Phi) is 6.98. The van der Waals surface area contributed by atoms with Gasteiger partial charge >= 0.3 is 0 Å². The standard InChI is InChI=1S/C26H26FN5O2/c1-32-15-20(21(16-32)26(34)31-24-12-11-19(27)14-29-24)18-9-6-17(7-10-18)8-13-25(33)30-23-5-3-2-4-22(23)28/h2-14,20-21H,15-16,28H2,1H3,(H,30,33)(H,29,31,34)/b13-8+. The number of nitrogen functional groups attached to an aromatic ring is 1. The number of pyridine rings is 1. The molecule has 174 valence electrons. The van der Waals surface area contributed by atoms with E-state index in [0.717, 1.165) is 23.9 Å². The molecule has 7 nitrogen and oxygen atoms in total. The number of carbonyl (C=O) groups excluding carboxylic acids is 2. The number of hydrogen-bond acceptors (Lipinski definition) is 5. The zero-order valence-corrected chi connectivity index (χ0v) is 18.7. The lowest BCUT2D eigenvalue weighted by atomic mass is 9.88. The molecule has 2 amide bonds. The largest absolute Gasteiger partial charge is 0.397 e. The number of aromatic nitrogens is 1. The first-order valence-electron chi connectivity index (χ1n) is 10.9. The number of halogens is 1. The quantitative estimate of drug-likeness (QED) is 0.385. The van der Waals surface area contributed by atoms with Gasteiger partial charge in [-0.05, 0) is 48.5 Å². The molecule has 1 aromatic heterocycles. The van der Waals surface area contributed by atoms with Gasteiger partial charge in [-0.2, -0.15) is 0 Å². The lowest BCUT2D eigenvalue weighted by Gasteiger charge is -2.18. The van der Waals surface area contributed by atoms with E-state index in [-0.39, 0.29) is 23.7 Å². The van der Waals surface area contributed by atoms with Crippen molar-refractivity contribution in [3.63, 3.8) is 0 Å². The number of likely N-dealkylation sites (tertiary alicyclic amines) is 1. The van der Waals surface area contributed by atoms with E-state index < -0.39 is 5.82 Å². The zero-order valence-electron chi connectivity index (χ0n) is 18.7. The molecule has 1 saturated heterocycles. The maximum absolute atomic E-state index is 13.1. The summed E-state index contributed by atoms with van der Waals surface area (Å²) in [5.74, 6) is -0.795. The van der Waals surface area contributed by atoms with Crippen LogP contribution in [0.1, 0.15) is 17.0 Å². The zero-order chi connectivity index (χ0) is 24.1. The summed E-state index contributed by atoms with van der Waals surface area (Å²) in [6.07, 6.45) is 4.26. The molecule has 1 fully saturated rings. The summed E-state index contributed by atoms with van der Waals surface area (Å²) in [5.41, 5.74) is 8.83. The van der Waals surface area contributed by atoms with E-state index in [1.165, 1.54) is 18.2 Å². The van der Waals surface area contributed by atoms with Crippen molar-refractivity contribution < 1.29 is 14.0 Å². The van der Waals surface area contributed by atoms with Crippen molar-refractivity contribution in [2.24, 2.45) is 5.92 Å². The Labute approximate surface area is 197 Å². The van der Waals surface area contributed by atoms with Gasteiger partial charge in [0.25, 0.3) is 0 Å². The van der Waals surface area contributed by atoms with Gasteiger partial charge in [-0.1, -0.05) is 36.4 Å². The first-order valence-corrected chi connectivity index (χ1v) is 10.9. The number of nitrogens with two attached hydrogens (primary N) is 1. The molecule has 0 spiro atoms. The molecule has 0 bridgehead atoms. The second kappa shape index (κ2) is 10.3. The molecule has 2 aromatic carbocycles. The number of amides is 2. The van der Waals surface area contributed by atoms with Gasteiger partial charge < -0.3 is 21.3 Å². The highest BCUT2D eigenvalue weighted by molar-refractivity contribution is 6.03. The third kappa shape index (κ3) is 5.65. The summed E-state index contributed by atoms with van der Waals surface area (Å²) in [7, 11) is 1.98. The fourth-order valence-electron chi connectivity index (χ4n) is 4.08. The summed E-state index contributed by atoms with van der Waals surface area (Å²) >= 11 is 0. The molecular weight excluding hydrogens is 433 g/mol. The number of rotatable bonds is 6. The molecule has 0 saturated carbocycles. The average Bonchev–Trinajstić information content (AvgIpc) is 3.23. The highest BCUT2D eigenvalue weighted by atomic mass is 19.1. The van der Waals surface area contributed by atoms with Crippen LogP contribution in [0.25, 0.3) is 6.08 Å². The molecular formula is C26H26FN5O2. The van der Waals surface area contributed by atoms with Crippen LogP contribution in [0.5, 0.6) is 0 Å². The Balaban J connectivity index is 1.40. The number of carbonyl (C=O) groups is 2. The Bertz CT molecular complexity index is 1190. The Morgan fingerprint density at radius 2 is 1.82 bits per heavy atom. The smallest absolute Gasteiger partial charge is 0.248 e. The SMILES string of the molecule is CN1CC(C(=O)Nc2ccc(F)cn2)C(c2ccc(/C=C/C(=O)Nc3ccccc3N)cc2)C1. The van der Waals surface area contributed by atoms with Gasteiger partial charge in [0.2, 0.25) is 11.8 Å². The first kappa shape index (κ1) is 23.1. The average molecular weight is 460 g/mol. The van der Waals surface area contributed by atoms with Crippen LogP contribution in [-0.4, -0.2) is 41.8 Å². The predicted molar refractivity (Wildman–Crippen MR) is 132 cm³/mol. The Hall–Kier alpha value is -4.04. The summed E-state index contributed by atoms with van der Waals surface area (Å²) in [6, 6.07) is 17.6. The van der Waals surface area contributed by atoms with E-state index in [0.29, 0.717) is 23.7 Å². The Morgan fingerprint density at radius 1 is 1.06 bits per heavy atom. The fourth-order valence-corrected chi connectivity index (χ4v) is 4.08. The number of nitrogens with zero attached hydrogens (tertiary/aromatic N) is 2. The minimum Gasteiger partial charge on any atom is -0.397 e. The number of nitrogens with one attached hydrogen (secondary N) is 2. The van der Waals surface area contributed by atoms with Crippen LogP contribution < -0.4 is 16.4 Å². The highest BCUT2D eigenvalue weighted by Crippen LogP contribution is 2.33. The van der Waals surface area contributed by atoms with Crippen molar-refractivity contribution in [2.45, 2.75) is 5.92 Å². The number of para-hydroxylation sites is 2. The predicted octanol–water partition coefficient (Wildman–Crippen LogP) is 3.74. The molecule has 2 heterocycles. The lowest BCUT2D eigenvalue weighted by Crippen LogP contribution is -2.28. The van der Waals surface area contributed by atoms with Crippen molar-refractivity contribution in [1.29, 1.82) is 0 Å². The molecule has 0 aliphatic carbocycles. The Morgan fingerprint density at radius 3 is 2.53 bits per heavy atom. The summed E-state index contributed by atoms with van der Waals surface area (Å²) in [4.78, 5) is 31.1. The summed E-state index contributed by atoms with van der Waals surface area (Å²) < 4.78 is 13.1. The van der Waals surface area contributed by atoms with Crippen LogP contribution in [0, 0.1) is 11.7 Å². The topological polar surface area (TPSA) is 100 Å². The van der Waals surface area contributed by atoms with E-state index in [1.54, 1.807) is 30.3 Å². The second-order valence-corrected chi connectivity index (χ2v) is 8.36. The monoisotopic (exact) mass is 459 g/mol. The normalized spacial score (nSPS) is 18.2. The first-order chi connectivity index (χ1) is 16.4. The van der Waals surface area contributed by atoms with Gasteiger partial charge in [0.15, 0.2) is 0 Å². The van der Waals surface area contributed by atoms with E-state index in [9.17, 15) is 14.0 Å². The third-order valence-corrected chi connectivity index (χ3v) is 5.83. The molecule has 0 radical (unpaired) electrons. The van der Waals surface area contributed by atoms with Crippen LogP contribution in [0.2, 0.25) is 0 Å². The van der Waals surface area contributed by atoms with Crippen LogP contribution in [0.15, 0.2) is 72.9 Å². The van der Waals surface area contributed by atoms with Crippen molar-refractivity contribution in [1.82, 2.24) is 9.88 Å². The minimum absolute atomic E-state index is 0.00725. The molecule has 34 heavy (non-hydrogen) atoms. The molecule has 1 aliphatic rings. The summed E-state index contributed by atoms with van der Waals surface area (Å²) in [5, 5.41) is 5.55. The number of benzene rings is 2. The van der Waals surface area contributed by atoms with Crippen LogP contribution in [-0.2, 0) is 9.59 Å². The van der Waals surface area contributed by atoms with Gasteiger partial charge in [0.1, 0.15) is 11.6 Å². The molecule has 2 atom stereocenters. The highest BCUT2D eigenvalue weighted by Gasteiger charge is 2.37. The molecule has 4 N–H and O–H groups in total. The van der Waals surface area contributed by atoms with E-state index in [2.05, 4.69) is 20.5 Å². The fraction of sp³-hybridized carbons (Fsp3) is 0.192. The number of hydrogen-bond donors (Lipinski definition) is 3. The molecule has 8 heteroatoms.